The molecule has 0 radical (unpaired) electrons. The highest BCUT2D eigenvalue weighted by Gasteiger charge is 2.47. The van der Waals surface area contributed by atoms with Gasteiger partial charge in [0, 0.05) is 38.3 Å². The number of cyclic esters (lactones) is 2. The van der Waals surface area contributed by atoms with E-state index in [4.69, 9.17) is 14.2 Å². The number of hydrogen-bond acceptors (Lipinski definition) is 7. The molecule has 2 saturated heterocycles. The second-order valence-corrected chi connectivity index (χ2v) is 9.34. The maximum absolute atomic E-state index is 13.6. The summed E-state index contributed by atoms with van der Waals surface area (Å²) in [6, 6.07) is 3.90. The van der Waals surface area contributed by atoms with Gasteiger partial charge in [0.1, 0.15) is 18.8 Å². The van der Waals surface area contributed by atoms with Gasteiger partial charge in [-0.15, -0.1) is 0 Å². The van der Waals surface area contributed by atoms with Crippen LogP contribution in [0.1, 0.15) is 53.2 Å². The standard InChI is InChI=1S/C25H30N2O6/c1-16-18(4-5-19-20(16)14-31-23(19)29)6-10-26-11-7-25(8-12-26)24(30)27(9-3-13-33-25)21-15-32-22(28)17(21)2/h4-5H,3,6-15H2,1-2H3. The predicted molar refractivity (Wildman–Crippen MR) is 118 cm³/mol. The number of nitrogens with zero attached hydrogens (tertiary/aromatic N) is 2. The van der Waals surface area contributed by atoms with Gasteiger partial charge < -0.3 is 24.0 Å². The highest BCUT2D eigenvalue weighted by Crippen LogP contribution is 2.34. The Hall–Kier alpha value is -2.71. The molecule has 1 spiro atoms. The van der Waals surface area contributed by atoms with Crippen LogP contribution in [0.4, 0.5) is 0 Å². The molecule has 33 heavy (non-hydrogen) atoms. The smallest absolute Gasteiger partial charge is 0.338 e. The van der Waals surface area contributed by atoms with E-state index in [0.717, 1.165) is 43.6 Å². The van der Waals surface area contributed by atoms with Crippen LogP contribution in [0, 0.1) is 6.92 Å². The number of benzene rings is 1. The average Bonchev–Trinajstić information content (AvgIpc) is 3.31. The van der Waals surface area contributed by atoms with Crippen molar-refractivity contribution in [2.45, 2.75) is 51.7 Å². The second kappa shape index (κ2) is 8.57. The van der Waals surface area contributed by atoms with Crippen LogP contribution in [-0.2, 0) is 36.8 Å². The van der Waals surface area contributed by atoms with Crippen molar-refractivity contribution in [2.75, 3.05) is 39.4 Å². The number of fused-ring (bicyclic) bond motifs is 1. The average molecular weight is 455 g/mol. The highest BCUT2D eigenvalue weighted by molar-refractivity contribution is 5.94. The second-order valence-electron chi connectivity index (χ2n) is 9.34. The number of likely N-dealkylation sites (tertiary alicyclic amines) is 1. The van der Waals surface area contributed by atoms with Crippen LogP contribution in [0.5, 0.6) is 0 Å². The number of hydrogen-bond donors (Lipinski definition) is 0. The number of carbonyl (C=O) groups is 3. The Morgan fingerprint density at radius 2 is 1.73 bits per heavy atom. The van der Waals surface area contributed by atoms with Gasteiger partial charge in [0.05, 0.1) is 16.8 Å². The molecule has 2 fully saturated rings. The SMILES string of the molecule is CC1=C(N2CCCOC3(CCN(CCc4ccc5c(c4C)COC5=O)CC3)C2=O)COC1=O. The van der Waals surface area contributed by atoms with E-state index in [1.807, 2.05) is 12.1 Å². The van der Waals surface area contributed by atoms with E-state index in [1.54, 1.807) is 11.8 Å². The minimum Gasteiger partial charge on any atom is -0.457 e. The largest absolute Gasteiger partial charge is 0.457 e. The lowest BCUT2D eigenvalue weighted by atomic mass is 9.89. The van der Waals surface area contributed by atoms with Crippen LogP contribution in [0.2, 0.25) is 0 Å². The summed E-state index contributed by atoms with van der Waals surface area (Å²) in [5.74, 6) is -0.612. The summed E-state index contributed by atoms with van der Waals surface area (Å²) in [5, 5.41) is 0. The molecular formula is C25H30N2O6. The predicted octanol–water partition coefficient (Wildman–Crippen LogP) is 2.12. The Balaban J connectivity index is 1.23. The zero-order valence-electron chi connectivity index (χ0n) is 19.3. The lowest BCUT2D eigenvalue weighted by molar-refractivity contribution is -0.159. The maximum Gasteiger partial charge on any atom is 0.338 e. The van der Waals surface area contributed by atoms with E-state index in [2.05, 4.69) is 11.8 Å². The minimum absolute atomic E-state index is 0.0357. The lowest BCUT2D eigenvalue weighted by Gasteiger charge is -2.41. The number of ether oxygens (including phenoxy) is 3. The van der Waals surface area contributed by atoms with Gasteiger partial charge >= 0.3 is 11.9 Å². The molecule has 8 nitrogen and oxygen atoms in total. The summed E-state index contributed by atoms with van der Waals surface area (Å²) >= 11 is 0. The molecule has 8 heteroatoms. The summed E-state index contributed by atoms with van der Waals surface area (Å²) in [6.07, 6.45) is 2.89. The molecule has 0 N–H and O–H groups in total. The van der Waals surface area contributed by atoms with Gasteiger partial charge in [-0.2, -0.15) is 0 Å². The summed E-state index contributed by atoms with van der Waals surface area (Å²) in [7, 11) is 0. The normalized spacial score (nSPS) is 23.1. The van der Waals surface area contributed by atoms with Gasteiger partial charge in [0.25, 0.3) is 5.91 Å². The topological polar surface area (TPSA) is 85.4 Å². The summed E-state index contributed by atoms with van der Waals surface area (Å²) in [6.45, 7) is 7.84. The Morgan fingerprint density at radius 3 is 2.45 bits per heavy atom. The van der Waals surface area contributed by atoms with Gasteiger partial charge in [-0.1, -0.05) is 6.07 Å². The summed E-state index contributed by atoms with van der Waals surface area (Å²) < 4.78 is 16.5. The van der Waals surface area contributed by atoms with Crippen molar-refractivity contribution in [1.29, 1.82) is 0 Å². The number of piperidine rings is 1. The van der Waals surface area contributed by atoms with E-state index < -0.39 is 5.60 Å². The highest BCUT2D eigenvalue weighted by atomic mass is 16.5. The van der Waals surface area contributed by atoms with Crippen molar-refractivity contribution in [1.82, 2.24) is 9.80 Å². The molecule has 0 saturated carbocycles. The fraction of sp³-hybridized carbons (Fsp3) is 0.560. The van der Waals surface area contributed by atoms with E-state index >= 15 is 0 Å². The van der Waals surface area contributed by atoms with Crippen molar-refractivity contribution in [3.05, 3.63) is 45.7 Å². The Kier molecular flexibility index (Phi) is 5.74. The first-order chi connectivity index (χ1) is 15.9. The third-order valence-corrected chi connectivity index (χ3v) is 7.58. The molecule has 1 aromatic carbocycles. The zero-order chi connectivity index (χ0) is 23.2. The molecule has 0 unspecified atom stereocenters. The summed E-state index contributed by atoms with van der Waals surface area (Å²) in [5.41, 5.74) is 4.44. The van der Waals surface area contributed by atoms with E-state index in [0.29, 0.717) is 49.4 Å². The Labute approximate surface area is 193 Å². The van der Waals surface area contributed by atoms with Gasteiger partial charge in [-0.05, 0) is 56.7 Å². The molecule has 4 heterocycles. The van der Waals surface area contributed by atoms with E-state index in [9.17, 15) is 14.4 Å². The quantitative estimate of drug-likeness (QED) is 0.645. The molecule has 176 valence electrons. The molecule has 0 aromatic heterocycles. The monoisotopic (exact) mass is 454 g/mol. The van der Waals surface area contributed by atoms with Crippen molar-refractivity contribution >= 4 is 17.8 Å². The molecule has 4 aliphatic rings. The van der Waals surface area contributed by atoms with E-state index in [-0.39, 0.29) is 24.5 Å². The van der Waals surface area contributed by atoms with Crippen LogP contribution >= 0.6 is 0 Å². The molecule has 0 atom stereocenters. The molecule has 0 bridgehead atoms. The van der Waals surface area contributed by atoms with Gasteiger partial charge in [0.15, 0.2) is 0 Å². The van der Waals surface area contributed by atoms with Crippen LogP contribution in [0.15, 0.2) is 23.4 Å². The molecule has 5 rings (SSSR count). The van der Waals surface area contributed by atoms with Crippen LogP contribution in [0.25, 0.3) is 0 Å². The number of carbonyl (C=O) groups excluding carboxylic acids is 3. The number of rotatable bonds is 4. The third-order valence-electron chi connectivity index (χ3n) is 7.58. The first-order valence-electron chi connectivity index (χ1n) is 11.7. The van der Waals surface area contributed by atoms with E-state index in [1.165, 1.54) is 5.56 Å². The van der Waals surface area contributed by atoms with Crippen molar-refractivity contribution < 1.29 is 28.6 Å². The van der Waals surface area contributed by atoms with Crippen molar-refractivity contribution in [2.24, 2.45) is 0 Å². The third kappa shape index (κ3) is 3.85. The molecular weight excluding hydrogens is 424 g/mol. The first kappa shape index (κ1) is 22.1. The van der Waals surface area contributed by atoms with Crippen molar-refractivity contribution in [3.63, 3.8) is 0 Å². The van der Waals surface area contributed by atoms with Gasteiger partial charge in [-0.3, -0.25) is 4.79 Å². The molecule has 1 aromatic rings. The minimum atomic E-state index is -0.826. The Bertz CT molecular complexity index is 1040. The van der Waals surface area contributed by atoms with Gasteiger partial charge in [-0.25, -0.2) is 9.59 Å². The fourth-order valence-electron chi connectivity index (χ4n) is 5.35. The van der Waals surface area contributed by atoms with Crippen LogP contribution < -0.4 is 0 Å². The lowest BCUT2D eigenvalue weighted by Crippen LogP contribution is -2.55. The van der Waals surface area contributed by atoms with Crippen LogP contribution in [0.3, 0.4) is 0 Å². The maximum atomic E-state index is 13.6. The van der Waals surface area contributed by atoms with Crippen molar-refractivity contribution in [3.8, 4) is 0 Å². The number of esters is 2. The number of amides is 1. The van der Waals surface area contributed by atoms with Crippen LogP contribution in [-0.4, -0.2) is 72.6 Å². The fourth-order valence-corrected chi connectivity index (χ4v) is 5.35. The first-order valence-corrected chi connectivity index (χ1v) is 11.7. The zero-order valence-corrected chi connectivity index (χ0v) is 19.3. The molecule has 4 aliphatic heterocycles. The molecule has 1 amide bonds. The van der Waals surface area contributed by atoms with Gasteiger partial charge in [0.2, 0.25) is 0 Å². The Morgan fingerprint density at radius 1 is 0.970 bits per heavy atom. The summed E-state index contributed by atoms with van der Waals surface area (Å²) in [4.78, 5) is 41.3. The molecule has 0 aliphatic carbocycles.